The Morgan fingerprint density at radius 1 is 1.08 bits per heavy atom. The molecule has 0 bridgehead atoms. The molecule has 2 fully saturated rings. The van der Waals surface area contributed by atoms with Crippen LogP contribution in [0.3, 0.4) is 0 Å². The molecule has 4 aliphatic rings. The van der Waals surface area contributed by atoms with E-state index in [1.807, 2.05) is 34.6 Å². The third kappa shape index (κ3) is 3.67. The molecule has 2 saturated carbocycles. The van der Waals surface area contributed by atoms with Gasteiger partial charge in [0.05, 0.1) is 17.4 Å². The number of carbonyl (C=O) groups is 5. The molecule has 0 heterocycles. The van der Waals surface area contributed by atoms with Crippen LogP contribution in [0.2, 0.25) is 0 Å². The molecular weight excluding hydrogens is 472 g/mol. The summed E-state index contributed by atoms with van der Waals surface area (Å²) in [5.74, 6) is -2.74. The van der Waals surface area contributed by atoms with Gasteiger partial charge < -0.3 is 10.2 Å². The van der Waals surface area contributed by atoms with Crippen molar-refractivity contribution in [2.45, 2.75) is 93.1 Å². The monoisotopic (exact) mass is 512 g/mol. The van der Waals surface area contributed by atoms with E-state index in [1.54, 1.807) is 6.92 Å². The van der Waals surface area contributed by atoms with Crippen LogP contribution < -0.4 is 0 Å². The molecule has 7 atom stereocenters. The number of ketones is 4. The number of aliphatic carboxylic acids is 1. The van der Waals surface area contributed by atoms with Crippen LogP contribution in [-0.4, -0.2) is 45.4 Å². The maximum Gasteiger partial charge on any atom is 0.306 e. The van der Waals surface area contributed by atoms with Crippen molar-refractivity contribution in [3.05, 3.63) is 22.8 Å². The van der Waals surface area contributed by atoms with E-state index in [1.165, 1.54) is 13.0 Å². The summed E-state index contributed by atoms with van der Waals surface area (Å²) in [5, 5.41) is 20.7. The zero-order valence-corrected chi connectivity index (χ0v) is 23.1. The molecule has 0 spiro atoms. The Balaban J connectivity index is 1.81. The number of hydrogen-bond acceptors (Lipinski definition) is 6. The van der Waals surface area contributed by atoms with Crippen molar-refractivity contribution in [2.75, 3.05) is 0 Å². The number of hydrogen-bond donors (Lipinski definition) is 2. The van der Waals surface area contributed by atoms with Crippen LogP contribution in [0.15, 0.2) is 22.8 Å². The third-order valence-corrected chi connectivity index (χ3v) is 10.9. The first-order valence-electron chi connectivity index (χ1n) is 13.4. The van der Waals surface area contributed by atoms with E-state index >= 15 is 0 Å². The first-order chi connectivity index (χ1) is 16.9. The van der Waals surface area contributed by atoms with E-state index in [9.17, 15) is 29.1 Å². The lowest BCUT2D eigenvalue weighted by atomic mass is 9.42. The molecule has 0 unspecified atom stereocenters. The Kier molecular flexibility index (Phi) is 6.38. The van der Waals surface area contributed by atoms with Gasteiger partial charge >= 0.3 is 5.97 Å². The standard InChI is InChI=1S/C30H40O7/c1-15(10-17(31)11-16(2)26(36)37)18-12-23(35)30(7)25-19(32)13-21-27(3,4)22(34)8-9-28(21,5)24(25)20(33)14-29(18,30)6/h10,16,18-19,21,32H,8-9,11-14H2,1-7H3,(H,36,37)/b15-10-/t16-,18-,19-,21+,28-,29+,30-/m0/s1. The average Bonchev–Trinajstić information content (AvgIpc) is 2.99. The largest absolute Gasteiger partial charge is 0.481 e. The first-order valence-corrected chi connectivity index (χ1v) is 13.4. The van der Waals surface area contributed by atoms with E-state index < -0.39 is 39.7 Å². The van der Waals surface area contributed by atoms with Crippen LogP contribution >= 0.6 is 0 Å². The van der Waals surface area contributed by atoms with Gasteiger partial charge in [0.2, 0.25) is 0 Å². The predicted octanol–water partition coefficient (Wildman–Crippen LogP) is 4.26. The van der Waals surface area contributed by atoms with Crippen molar-refractivity contribution in [3.8, 4) is 0 Å². The van der Waals surface area contributed by atoms with E-state index in [0.29, 0.717) is 36.0 Å². The molecular formula is C30H40O7. The number of rotatable bonds is 5. The summed E-state index contributed by atoms with van der Waals surface area (Å²) in [7, 11) is 0. The van der Waals surface area contributed by atoms with Crippen molar-refractivity contribution in [1.29, 1.82) is 0 Å². The number of fused-ring (bicyclic) bond motifs is 4. The van der Waals surface area contributed by atoms with Gasteiger partial charge in [-0.05, 0) is 55.6 Å². The van der Waals surface area contributed by atoms with E-state index in [-0.39, 0.29) is 54.2 Å². The average molecular weight is 513 g/mol. The molecule has 4 aliphatic carbocycles. The second-order valence-electron chi connectivity index (χ2n) is 13.3. The maximum absolute atomic E-state index is 14.0. The van der Waals surface area contributed by atoms with Gasteiger partial charge in [-0.15, -0.1) is 0 Å². The summed E-state index contributed by atoms with van der Waals surface area (Å²) in [6, 6.07) is 0. The van der Waals surface area contributed by atoms with Crippen LogP contribution in [-0.2, 0) is 24.0 Å². The minimum absolute atomic E-state index is 0.0497. The second-order valence-corrected chi connectivity index (χ2v) is 13.3. The number of carbonyl (C=O) groups excluding carboxylic acids is 4. The van der Waals surface area contributed by atoms with Gasteiger partial charge in [-0.2, -0.15) is 0 Å². The van der Waals surface area contributed by atoms with Crippen molar-refractivity contribution in [2.24, 2.45) is 39.4 Å². The Morgan fingerprint density at radius 3 is 2.30 bits per heavy atom. The topological polar surface area (TPSA) is 126 Å². The molecule has 0 aromatic rings. The fourth-order valence-corrected chi connectivity index (χ4v) is 8.51. The number of carboxylic acids is 1. The van der Waals surface area contributed by atoms with Gasteiger partial charge in [0, 0.05) is 42.1 Å². The molecule has 0 amide bonds. The molecule has 0 aliphatic heterocycles. The number of Topliss-reactive ketones (excluding diaryl/α,β-unsaturated/α-hetero) is 3. The van der Waals surface area contributed by atoms with Gasteiger partial charge in [0.15, 0.2) is 11.6 Å². The summed E-state index contributed by atoms with van der Waals surface area (Å²) < 4.78 is 0. The van der Waals surface area contributed by atoms with Gasteiger partial charge in [0.1, 0.15) is 11.6 Å². The summed E-state index contributed by atoms with van der Waals surface area (Å²) >= 11 is 0. The quantitative estimate of drug-likeness (QED) is 0.527. The number of allylic oxidation sites excluding steroid dienone is 3. The second kappa shape index (κ2) is 8.55. The Bertz CT molecular complexity index is 1170. The Morgan fingerprint density at radius 2 is 1.70 bits per heavy atom. The van der Waals surface area contributed by atoms with Crippen LogP contribution in [0, 0.1) is 39.4 Å². The lowest BCUT2D eigenvalue weighted by molar-refractivity contribution is -0.146. The minimum atomic E-state index is -1.08. The number of aliphatic hydroxyl groups excluding tert-OH is 1. The van der Waals surface area contributed by atoms with Gasteiger partial charge in [-0.3, -0.25) is 24.0 Å². The van der Waals surface area contributed by atoms with Gasteiger partial charge in [0.25, 0.3) is 0 Å². The summed E-state index contributed by atoms with van der Waals surface area (Å²) in [4.78, 5) is 64.5. The summed E-state index contributed by atoms with van der Waals surface area (Å²) in [6.07, 6.45) is 1.78. The molecule has 202 valence electrons. The lowest BCUT2D eigenvalue weighted by Gasteiger charge is -2.60. The van der Waals surface area contributed by atoms with E-state index in [2.05, 4.69) is 0 Å². The summed E-state index contributed by atoms with van der Waals surface area (Å²) in [5.41, 5.74) is -1.43. The number of aliphatic hydroxyl groups is 1. The van der Waals surface area contributed by atoms with Crippen LogP contribution in [0.5, 0.6) is 0 Å². The van der Waals surface area contributed by atoms with Gasteiger partial charge in [-0.1, -0.05) is 40.2 Å². The third-order valence-electron chi connectivity index (χ3n) is 10.9. The summed E-state index contributed by atoms with van der Waals surface area (Å²) in [6.45, 7) is 12.9. The zero-order valence-electron chi connectivity index (χ0n) is 23.1. The zero-order chi connectivity index (χ0) is 27.9. The van der Waals surface area contributed by atoms with Crippen molar-refractivity contribution < 1.29 is 34.2 Å². The molecule has 37 heavy (non-hydrogen) atoms. The fraction of sp³-hybridized carbons (Fsp3) is 0.700. The Hall–Kier alpha value is -2.41. The SMILES string of the molecule is C/C(=C/C(=O)C[C@H](C)C(=O)O)[C@@H]1CC(=O)[C@@]2(C)C3=C(C(=O)C[C@]12C)[C@@]1(C)CCC(=O)C(C)(C)[C@H]1C[C@@H]3O. The molecule has 0 aromatic carbocycles. The molecule has 7 nitrogen and oxygen atoms in total. The highest BCUT2D eigenvalue weighted by atomic mass is 16.4. The lowest BCUT2D eigenvalue weighted by Crippen LogP contribution is -2.59. The fourth-order valence-electron chi connectivity index (χ4n) is 8.51. The van der Waals surface area contributed by atoms with E-state index in [4.69, 9.17) is 5.11 Å². The highest BCUT2D eigenvalue weighted by Gasteiger charge is 2.70. The minimum Gasteiger partial charge on any atom is -0.481 e. The van der Waals surface area contributed by atoms with Crippen LogP contribution in [0.1, 0.15) is 87.0 Å². The molecule has 7 heteroatoms. The first kappa shape index (κ1) is 27.6. The number of carboxylic acid groups (broad SMARTS) is 1. The van der Waals surface area contributed by atoms with Crippen molar-refractivity contribution in [1.82, 2.24) is 0 Å². The van der Waals surface area contributed by atoms with E-state index in [0.717, 1.165) is 0 Å². The Labute approximate surface area is 218 Å². The molecule has 0 aromatic heterocycles. The highest BCUT2D eigenvalue weighted by Crippen LogP contribution is 2.70. The van der Waals surface area contributed by atoms with Crippen LogP contribution in [0.4, 0.5) is 0 Å². The highest BCUT2D eigenvalue weighted by molar-refractivity contribution is 6.06. The normalized spacial score (nSPS) is 40.2. The van der Waals surface area contributed by atoms with Gasteiger partial charge in [-0.25, -0.2) is 0 Å². The van der Waals surface area contributed by atoms with Crippen LogP contribution in [0.25, 0.3) is 0 Å². The molecule has 2 N–H and O–H groups in total. The van der Waals surface area contributed by atoms with Crippen molar-refractivity contribution in [3.63, 3.8) is 0 Å². The molecule has 4 rings (SSSR count). The predicted molar refractivity (Wildman–Crippen MR) is 136 cm³/mol. The molecule has 0 saturated heterocycles. The smallest absolute Gasteiger partial charge is 0.306 e. The molecule has 0 radical (unpaired) electrons. The maximum atomic E-state index is 14.0. The van der Waals surface area contributed by atoms with Crippen molar-refractivity contribution >= 4 is 29.1 Å².